The highest BCUT2D eigenvalue weighted by molar-refractivity contribution is 5.90. The van der Waals surface area contributed by atoms with Gasteiger partial charge in [0.15, 0.2) is 18.2 Å². The van der Waals surface area contributed by atoms with Gasteiger partial charge in [0.2, 0.25) is 0 Å². The molecule has 1 heterocycles. The minimum atomic E-state index is -0.286. The van der Waals surface area contributed by atoms with Crippen molar-refractivity contribution in [2.24, 2.45) is 0 Å². The van der Waals surface area contributed by atoms with E-state index >= 15 is 0 Å². The molecule has 26 heavy (non-hydrogen) atoms. The first-order valence-corrected chi connectivity index (χ1v) is 8.40. The number of carbonyl (C=O) groups is 1. The molecule has 0 radical (unpaired) electrons. The lowest BCUT2D eigenvalue weighted by atomic mass is 10.3. The van der Waals surface area contributed by atoms with E-state index in [9.17, 15) is 4.79 Å². The fourth-order valence-corrected chi connectivity index (χ4v) is 2.47. The third kappa shape index (κ3) is 4.57. The van der Waals surface area contributed by atoms with Crippen LogP contribution in [0.1, 0.15) is 6.92 Å². The van der Waals surface area contributed by atoms with E-state index in [-0.39, 0.29) is 12.5 Å². The van der Waals surface area contributed by atoms with Crippen LogP contribution >= 0.6 is 0 Å². The lowest BCUT2D eigenvalue weighted by Crippen LogP contribution is -2.22. The summed E-state index contributed by atoms with van der Waals surface area (Å²) in [6, 6.07) is 22.7. The van der Waals surface area contributed by atoms with Gasteiger partial charge in [0, 0.05) is 12.2 Å². The molecule has 1 N–H and O–H groups in total. The van der Waals surface area contributed by atoms with E-state index in [1.165, 1.54) is 0 Å². The lowest BCUT2D eigenvalue weighted by Gasteiger charge is -2.21. The normalized spacial score (nSPS) is 10.2. The number of hydrogen-bond acceptors (Lipinski definition) is 5. The van der Waals surface area contributed by atoms with Crippen molar-refractivity contribution in [2.45, 2.75) is 6.92 Å². The van der Waals surface area contributed by atoms with E-state index < -0.39 is 0 Å². The smallest absolute Gasteiger partial charge is 0.263 e. The fourth-order valence-electron chi connectivity index (χ4n) is 2.47. The molecular weight excluding hydrogens is 328 g/mol. The Bertz CT molecular complexity index is 823. The molecule has 1 aromatic heterocycles. The Morgan fingerprint density at radius 3 is 2.27 bits per heavy atom. The topological polar surface area (TPSA) is 67.4 Å². The van der Waals surface area contributed by atoms with Crippen molar-refractivity contribution in [1.82, 2.24) is 10.2 Å². The molecule has 0 aliphatic rings. The second kappa shape index (κ2) is 8.62. The molecule has 0 aliphatic heterocycles. The number of amides is 1. The van der Waals surface area contributed by atoms with Crippen LogP contribution in [0.3, 0.4) is 0 Å². The van der Waals surface area contributed by atoms with Crippen molar-refractivity contribution in [2.75, 3.05) is 23.4 Å². The van der Waals surface area contributed by atoms with Gasteiger partial charge in [-0.25, -0.2) is 0 Å². The summed E-state index contributed by atoms with van der Waals surface area (Å²) in [6.45, 7) is 2.72. The van der Waals surface area contributed by atoms with Gasteiger partial charge in [0.1, 0.15) is 5.75 Å². The van der Waals surface area contributed by atoms with Gasteiger partial charge >= 0.3 is 0 Å². The molecule has 0 atom stereocenters. The number of hydrogen-bond donors (Lipinski definition) is 1. The van der Waals surface area contributed by atoms with Crippen molar-refractivity contribution in [1.29, 1.82) is 0 Å². The molecule has 0 spiro atoms. The molecule has 2 aromatic carbocycles. The van der Waals surface area contributed by atoms with E-state index in [4.69, 9.17) is 4.74 Å². The molecule has 0 fully saturated rings. The van der Waals surface area contributed by atoms with Gasteiger partial charge in [-0.2, -0.15) is 0 Å². The predicted octanol–water partition coefficient (Wildman–Crippen LogP) is 3.65. The third-order valence-electron chi connectivity index (χ3n) is 3.69. The molecule has 6 heteroatoms. The first kappa shape index (κ1) is 17.4. The number of aromatic nitrogens is 2. The Morgan fingerprint density at radius 1 is 0.962 bits per heavy atom. The number of para-hydroxylation sites is 2. The number of ether oxygens (including phenoxy) is 1. The molecule has 0 unspecified atom stereocenters. The molecule has 0 bridgehead atoms. The number of nitrogens with zero attached hydrogens (tertiary/aromatic N) is 3. The highest BCUT2D eigenvalue weighted by Crippen LogP contribution is 2.22. The number of nitrogens with one attached hydrogen (secondary N) is 1. The molecular formula is C20H20N4O2. The van der Waals surface area contributed by atoms with Crippen molar-refractivity contribution in [3.8, 4) is 5.75 Å². The van der Waals surface area contributed by atoms with Crippen LogP contribution in [0.25, 0.3) is 0 Å². The van der Waals surface area contributed by atoms with Crippen molar-refractivity contribution < 1.29 is 9.53 Å². The first-order chi connectivity index (χ1) is 12.8. The average molecular weight is 348 g/mol. The second-order valence-electron chi connectivity index (χ2n) is 5.51. The molecule has 0 saturated heterocycles. The largest absolute Gasteiger partial charge is 0.484 e. The van der Waals surface area contributed by atoms with E-state index in [1.807, 2.05) is 66.4 Å². The van der Waals surface area contributed by atoms with Gasteiger partial charge in [-0.05, 0) is 43.3 Å². The summed E-state index contributed by atoms with van der Waals surface area (Å²) in [5.74, 6) is 1.47. The standard InChI is InChI=1S/C20H20N4O2/c1-2-24(16-9-5-3-6-10-16)19-14-13-18(22-23-19)21-20(25)15-26-17-11-7-4-8-12-17/h3-14H,2,15H2,1H3,(H,21,22,25). The van der Waals surface area contributed by atoms with Gasteiger partial charge in [0.05, 0.1) is 0 Å². The SMILES string of the molecule is CCN(c1ccccc1)c1ccc(NC(=O)COc2ccccc2)nn1. The summed E-state index contributed by atoms with van der Waals surface area (Å²) in [7, 11) is 0. The summed E-state index contributed by atoms with van der Waals surface area (Å²) in [5, 5.41) is 11.0. The summed E-state index contributed by atoms with van der Waals surface area (Å²) < 4.78 is 5.41. The summed E-state index contributed by atoms with van der Waals surface area (Å²) in [4.78, 5) is 14.0. The Labute approximate surface area is 152 Å². The van der Waals surface area contributed by atoms with Crippen molar-refractivity contribution in [3.05, 3.63) is 72.8 Å². The monoisotopic (exact) mass is 348 g/mol. The maximum atomic E-state index is 12.0. The van der Waals surface area contributed by atoms with Crippen LogP contribution in [0.15, 0.2) is 72.8 Å². The van der Waals surface area contributed by atoms with Crippen molar-refractivity contribution in [3.63, 3.8) is 0 Å². The molecule has 132 valence electrons. The lowest BCUT2D eigenvalue weighted by molar-refractivity contribution is -0.118. The maximum Gasteiger partial charge on any atom is 0.263 e. The van der Waals surface area contributed by atoms with E-state index in [1.54, 1.807) is 18.2 Å². The Balaban J connectivity index is 1.59. The number of rotatable bonds is 7. The zero-order valence-electron chi connectivity index (χ0n) is 14.5. The van der Waals surface area contributed by atoms with E-state index in [2.05, 4.69) is 15.5 Å². The van der Waals surface area contributed by atoms with Crippen LogP contribution in [-0.2, 0) is 4.79 Å². The minimum Gasteiger partial charge on any atom is -0.484 e. The van der Waals surface area contributed by atoms with Gasteiger partial charge in [0.25, 0.3) is 5.91 Å². The number of benzene rings is 2. The number of anilines is 3. The Hall–Kier alpha value is -3.41. The number of carbonyl (C=O) groups excluding carboxylic acids is 1. The van der Waals surface area contributed by atoms with Crippen LogP contribution < -0.4 is 15.0 Å². The quantitative estimate of drug-likeness (QED) is 0.706. The molecule has 1 amide bonds. The van der Waals surface area contributed by atoms with Gasteiger partial charge in [-0.1, -0.05) is 36.4 Å². The summed E-state index contributed by atoms with van der Waals surface area (Å²) in [6.07, 6.45) is 0. The van der Waals surface area contributed by atoms with Crippen LogP contribution in [0, 0.1) is 0 Å². The Kier molecular flexibility index (Phi) is 5.77. The zero-order chi connectivity index (χ0) is 18.2. The summed E-state index contributed by atoms with van der Waals surface area (Å²) >= 11 is 0. The highest BCUT2D eigenvalue weighted by Gasteiger charge is 2.10. The first-order valence-electron chi connectivity index (χ1n) is 8.40. The molecule has 3 aromatic rings. The third-order valence-corrected chi connectivity index (χ3v) is 3.69. The second-order valence-corrected chi connectivity index (χ2v) is 5.51. The van der Waals surface area contributed by atoms with Gasteiger partial charge in [-0.15, -0.1) is 10.2 Å². The zero-order valence-corrected chi connectivity index (χ0v) is 14.5. The molecule has 0 aliphatic carbocycles. The average Bonchev–Trinajstić information content (AvgIpc) is 2.70. The van der Waals surface area contributed by atoms with E-state index in [0.717, 1.165) is 18.1 Å². The molecule has 0 saturated carbocycles. The Morgan fingerprint density at radius 2 is 1.65 bits per heavy atom. The molecule has 3 rings (SSSR count). The highest BCUT2D eigenvalue weighted by atomic mass is 16.5. The van der Waals surface area contributed by atoms with Crippen molar-refractivity contribution >= 4 is 23.2 Å². The summed E-state index contributed by atoms with van der Waals surface area (Å²) in [5.41, 5.74) is 1.04. The van der Waals surface area contributed by atoms with Crippen LogP contribution in [0.5, 0.6) is 5.75 Å². The minimum absolute atomic E-state index is 0.0848. The van der Waals surface area contributed by atoms with Crippen LogP contribution in [0.2, 0.25) is 0 Å². The van der Waals surface area contributed by atoms with Gasteiger partial charge in [-0.3, -0.25) is 4.79 Å². The van der Waals surface area contributed by atoms with Crippen LogP contribution in [0.4, 0.5) is 17.3 Å². The molecule has 6 nitrogen and oxygen atoms in total. The maximum absolute atomic E-state index is 12.0. The fraction of sp³-hybridized carbons (Fsp3) is 0.150. The van der Waals surface area contributed by atoms with E-state index in [0.29, 0.717) is 11.6 Å². The van der Waals surface area contributed by atoms with Crippen LogP contribution in [-0.4, -0.2) is 29.3 Å². The van der Waals surface area contributed by atoms with Gasteiger partial charge < -0.3 is 15.0 Å². The predicted molar refractivity (Wildman–Crippen MR) is 102 cm³/mol.